The van der Waals surface area contributed by atoms with Crippen LogP contribution in [0, 0.1) is 5.92 Å². The lowest BCUT2D eigenvalue weighted by Crippen LogP contribution is -2.60. The summed E-state index contributed by atoms with van der Waals surface area (Å²) in [5, 5.41) is 8.58. The maximum atomic E-state index is 13.6. The van der Waals surface area contributed by atoms with E-state index in [1.807, 2.05) is 0 Å². The van der Waals surface area contributed by atoms with Crippen molar-refractivity contribution >= 4 is 29.7 Å². The van der Waals surface area contributed by atoms with Crippen molar-refractivity contribution in [1.82, 2.24) is 30.7 Å². The minimum atomic E-state index is -1.08. The maximum absolute atomic E-state index is 13.6. The molecule has 3 rings (SSSR count). The molecule has 0 radical (unpaired) electrons. The Kier molecular flexibility index (Phi) is 10.7. The number of alkyl carbamates (subject to hydrolysis) is 1. The van der Waals surface area contributed by atoms with Crippen LogP contribution >= 0.6 is 0 Å². The normalized spacial score (nSPS) is 22.0. The summed E-state index contributed by atoms with van der Waals surface area (Å²) < 4.78 is 5.35. The first-order valence-electron chi connectivity index (χ1n) is 14.9. The Morgan fingerprint density at radius 3 is 2.10 bits per heavy atom. The first-order chi connectivity index (χ1) is 19.1. The number of nitrogens with one attached hydrogen (secondary N) is 3. The fourth-order valence-electron chi connectivity index (χ4n) is 5.76. The second-order valence-corrected chi connectivity index (χ2v) is 13.3. The molecule has 2 aliphatic carbocycles. The second kappa shape index (κ2) is 13.4. The van der Waals surface area contributed by atoms with Gasteiger partial charge in [-0.2, -0.15) is 0 Å². The Bertz CT molecular complexity index is 983. The van der Waals surface area contributed by atoms with Crippen LogP contribution < -0.4 is 16.0 Å². The van der Waals surface area contributed by atoms with Gasteiger partial charge in [-0.05, 0) is 79.3 Å². The smallest absolute Gasteiger partial charge is 0.408 e. The highest BCUT2D eigenvalue weighted by Gasteiger charge is 2.54. The van der Waals surface area contributed by atoms with E-state index in [9.17, 15) is 24.0 Å². The van der Waals surface area contributed by atoms with Gasteiger partial charge in [0.2, 0.25) is 23.6 Å². The van der Waals surface area contributed by atoms with Crippen LogP contribution in [0.2, 0.25) is 0 Å². The molecule has 0 aromatic rings. The monoisotopic (exact) mass is 578 g/mol. The van der Waals surface area contributed by atoms with Gasteiger partial charge in [-0.15, -0.1) is 0 Å². The average Bonchev–Trinajstić information content (AvgIpc) is 3.49. The van der Waals surface area contributed by atoms with Gasteiger partial charge in [0.15, 0.2) is 0 Å². The zero-order valence-corrected chi connectivity index (χ0v) is 25.9. The molecule has 5 amide bonds. The van der Waals surface area contributed by atoms with Crippen LogP contribution in [0.4, 0.5) is 4.79 Å². The minimum absolute atomic E-state index is 0.0724. The summed E-state index contributed by atoms with van der Waals surface area (Å²) >= 11 is 0. The summed E-state index contributed by atoms with van der Waals surface area (Å²) in [6, 6.07) is -2.28. The van der Waals surface area contributed by atoms with Crippen molar-refractivity contribution in [2.75, 3.05) is 41.3 Å². The fraction of sp³-hybridized carbons (Fsp3) is 0.828. The highest BCUT2D eigenvalue weighted by molar-refractivity contribution is 5.99. The zero-order valence-electron chi connectivity index (χ0n) is 25.9. The summed E-state index contributed by atoms with van der Waals surface area (Å²) in [5.74, 6) is -1.17. The predicted octanol–water partition coefficient (Wildman–Crippen LogP) is 1.23. The van der Waals surface area contributed by atoms with Crippen LogP contribution in [0.15, 0.2) is 0 Å². The molecular weight excluding hydrogens is 528 g/mol. The van der Waals surface area contributed by atoms with E-state index in [-0.39, 0.29) is 30.2 Å². The van der Waals surface area contributed by atoms with Crippen molar-refractivity contribution in [1.29, 1.82) is 0 Å². The van der Waals surface area contributed by atoms with E-state index in [2.05, 4.69) is 16.0 Å². The Labute approximate surface area is 244 Å². The molecular formula is C29H50N6O6. The third-order valence-corrected chi connectivity index (χ3v) is 8.04. The number of hydrogen-bond acceptors (Lipinski definition) is 7. The van der Waals surface area contributed by atoms with Crippen LogP contribution in [-0.2, 0) is 23.9 Å². The molecule has 2 saturated carbocycles. The Morgan fingerprint density at radius 2 is 1.56 bits per heavy atom. The summed E-state index contributed by atoms with van der Waals surface area (Å²) in [7, 11) is 6.96. The fourth-order valence-corrected chi connectivity index (χ4v) is 5.76. The Morgan fingerprint density at radius 1 is 0.927 bits per heavy atom. The third kappa shape index (κ3) is 8.80. The van der Waals surface area contributed by atoms with E-state index >= 15 is 0 Å². The number of ether oxygens (including phenoxy) is 1. The Hall–Kier alpha value is -2.89. The number of carbonyl (C=O) groups is 5. The molecule has 0 spiro atoms. The van der Waals surface area contributed by atoms with Gasteiger partial charge < -0.3 is 35.4 Å². The van der Waals surface area contributed by atoms with Crippen molar-refractivity contribution in [3.8, 4) is 0 Å². The van der Waals surface area contributed by atoms with Crippen molar-refractivity contribution in [2.24, 2.45) is 5.92 Å². The van der Waals surface area contributed by atoms with Crippen LogP contribution in [0.25, 0.3) is 0 Å². The first kappa shape index (κ1) is 32.6. The van der Waals surface area contributed by atoms with Crippen LogP contribution in [0.3, 0.4) is 0 Å². The van der Waals surface area contributed by atoms with Crippen LogP contribution in [-0.4, -0.2) is 115 Å². The number of carbonyl (C=O) groups excluding carboxylic acids is 5. The topological polar surface area (TPSA) is 140 Å². The number of rotatable bonds is 10. The molecule has 1 heterocycles. The first-order valence-corrected chi connectivity index (χ1v) is 14.9. The van der Waals surface area contributed by atoms with E-state index < -0.39 is 41.3 Å². The molecule has 0 unspecified atom stereocenters. The SMILES string of the molecule is CN(C)C[C@H](NC(=O)OC(C)(C)C)C(=O)N1CCC[C@@H]1C(=O)NC1(C(=O)N[C@H](C(=O)N(C)C)C2CCCCC2)CC1. The molecule has 3 aliphatic rings. The molecule has 0 bridgehead atoms. The summed E-state index contributed by atoms with van der Waals surface area (Å²) in [5.41, 5.74) is -1.80. The Balaban J connectivity index is 1.68. The molecule has 12 nitrogen and oxygen atoms in total. The molecule has 1 saturated heterocycles. The molecule has 0 aromatic heterocycles. The van der Waals surface area contributed by atoms with Gasteiger partial charge in [0, 0.05) is 27.2 Å². The minimum Gasteiger partial charge on any atom is -0.444 e. The van der Waals surface area contributed by atoms with Gasteiger partial charge in [-0.1, -0.05) is 19.3 Å². The quantitative estimate of drug-likeness (QED) is 0.354. The molecule has 0 aromatic carbocycles. The number of nitrogens with zero attached hydrogens (tertiary/aromatic N) is 3. The highest BCUT2D eigenvalue weighted by Crippen LogP contribution is 2.37. The van der Waals surface area contributed by atoms with E-state index in [4.69, 9.17) is 4.74 Å². The molecule has 41 heavy (non-hydrogen) atoms. The van der Waals surface area contributed by atoms with E-state index in [1.54, 1.807) is 53.9 Å². The number of likely N-dealkylation sites (N-methyl/N-ethyl adjacent to an activating group) is 2. The summed E-state index contributed by atoms with van der Waals surface area (Å²) in [6.07, 6.45) is 6.29. The molecule has 3 atom stereocenters. The number of hydrogen-bond donors (Lipinski definition) is 3. The lowest BCUT2D eigenvalue weighted by molar-refractivity contribution is -0.142. The van der Waals surface area contributed by atoms with Gasteiger partial charge in [-0.3, -0.25) is 19.2 Å². The van der Waals surface area contributed by atoms with E-state index in [1.165, 1.54) is 9.80 Å². The largest absolute Gasteiger partial charge is 0.444 e. The van der Waals surface area contributed by atoms with Crippen molar-refractivity contribution in [3.63, 3.8) is 0 Å². The molecule has 12 heteroatoms. The number of amides is 5. The van der Waals surface area contributed by atoms with Gasteiger partial charge in [0.05, 0.1) is 0 Å². The van der Waals surface area contributed by atoms with Crippen LogP contribution in [0.5, 0.6) is 0 Å². The third-order valence-electron chi connectivity index (χ3n) is 8.04. The standard InChI is InChI=1S/C29H50N6O6/c1-28(2,3)41-27(40)30-20(18-33(4)5)24(37)35-17-11-14-21(35)23(36)32-29(15-16-29)26(39)31-22(25(38)34(6)7)19-12-9-8-10-13-19/h19-22H,8-18H2,1-7H3,(H,30,40)(H,31,39)(H,32,36)/t20-,21+,22-/m0/s1. The lowest BCUT2D eigenvalue weighted by atomic mass is 9.83. The van der Waals surface area contributed by atoms with E-state index in [0.717, 1.165) is 32.1 Å². The second-order valence-electron chi connectivity index (χ2n) is 13.3. The number of likely N-dealkylation sites (tertiary alicyclic amines) is 1. The van der Waals surface area contributed by atoms with Crippen molar-refractivity contribution < 1.29 is 28.7 Å². The van der Waals surface area contributed by atoms with Crippen molar-refractivity contribution in [3.05, 3.63) is 0 Å². The van der Waals surface area contributed by atoms with Crippen LogP contribution in [0.1, 0.15) is 78.6 Å². The average molecular weight is 579 g/mol. The summed E-state index contributed by atoms with van der Waals surface area (Å²) in [6.45, 7) is 5.84. The molecule has 1 aliphatic heterocycles. The molecule has 232 valence electrons. The van der Waals surface area contributed by atoms with Crippen molar-refractivity contribution in [2.45, 2.75) is 108 Å². The van der Waals surface area contributed by atoms with Gasteiger partial charge in [0.1, 0.15) is 29.3 Å². The van der Waals surface area contributed by atoms with E-state index in [0.29, 0.717) is 32.2 Å². The zero-order chi connectivity index (χ0) is 30.5. The summed E-state index contributed by atoms with van der Waals surface area (Å²) in [4.78, 5) is 70.9. The highest BCUT2D eigenvalue weighted by atomic mass is 16.6. The lowest BCUT2D eigenvalue weighted by Gasteiger charge is -2.33. The van der Waals surface area contributed by atoms with Gasteiger partial charge in [-0.25, -0.2) is 4.79 Å². The molecule has 3 fully saturated rings. The maximum Gasteiger partial charge on any atom is 0.408 e. The predicted molar refractivity (Wildman–Crippen MR) is 154 cm³/mol. The van der Waals surface area contributed by atoms with Gasteiger partial charge in [0.25, 0.3) is 0 Å². The van der Waals surface area contributed by atoms with Gasteiger partial charge >= 0.3 is 6.09 Å². The molecule has 3 N–H and O–H groups in total.